The molecule has 2 N–H and O–H groups in total. The van der Waals surface area contributed by atoms with Crippen LogP contribution in [-0.2, 0) is 20.9 Å². The van der Waals surface area contributed by atoms with Crippen molar-refractivity contribution < 1.29 is 24.2 Å². The van der Waals surface area contributed by atoms with Crippen molar-refractivity contribution in [1.82, 2.24) is 5.32 Å². The van der Waals surface area contributed by atoms with E-state index in [0.29, 0.717) is 26.1 Å². The van der Waals surface area contributed by atoms with Gasteiger partial charge >= 0.3 is 12.1 Å². The molecular formula is C15H19NO5. The van der Waals surface area contributed by atoms with Gasteiger partial charge in [-0.1, -0.05) is 30.3 Å². The summed E-state index contributed by atoms with van der Waals surface area (Å²) in [4.78, 5) is 23.0. The molecule has 0 bridgehead atoms. The molecule has 0 aromatic heterocycles. The first-order valence-electron chi connectivity index (χ1n) is 6.94. The van der Waals surface area contributed by atoms with Crippen molar-refractivity contribution in [3.8, 4) is 0 Å². The van der Waals surface area contributed by atoms with Crippen molar-refractivity contribution >= 4 is 12.1 Å². The van der Waals surface area contributed by atoms with E-state index in [1.54, 1.807) is 0 Å². The van der Waals surface area contributed by atoms with Crippen LogP contribution < -0.4 is 5.32 Å². The fraction of sp³-hybridized carbons (Fsp3) is 0.467. The minimum absolute atomic E-state index is 0.118. The lowest BCUT2D eigenvalue weighted by molar-refractivity contribution is -0.141. The summed E-state index contributed by atoms with van der Waals surface area (Å²) in [7, 11) is 0. The van der Waals surface area contributed by atoms with Gasteiger partial charge in [0.25, 0.3) is 0 Å². The Hall–Kier alpha value is -2.08. The summed E-state index contributed by atoms with van der Waals surface area (Å²) in [6.45, 7) is 1.16. The van der Waals surface area contributed by atoms with E-state index in [9.17, 15) is 14.7 Å². The molecule has 6 nitrogen and oxygen atoms in total. The van der Waals surface area contributed by atoms with E-state index >= 15 is 0 Å². The second-order valence-electron chi connectivity index (χ2n) is 4.97. The highest BCUT2D eigenvalue weighted by Gasteiger charge is 2.31. The topological polar surface area (TPSA) is 84.9 Å². The number of hydrogen-bond donors (Lipinski definition) is 2. The monoisotopic (exact) mass is 293 g/mol. The quantitative estimate of drug-likeness (QED) is 0.864. The fourth-order valence-corrected chi connectivity index (χ4v) is 2.32. The molecule has 1 saturated heterocycles. The summed E-state index contributed by atoms with van der Waals surface area (Å²) in [5, 5.41) is 11.7. The molecule has 21 heavy (non-hydrogen) atoms. The molecule has 1 fully saturated rings. The molecule has 0 radical (unpaired) electrons. The summed E-state index contributed by atoms with van der Waals surface area (Å²) < 4.78 is 10.3. The fourth-order valence-electron chi connectivity index (χ4n) is 2.32. The Bertz CT molecular complexity index is 470. The standard InChI is InChI=1S/C15H19NO5/c17-14(18)13(12-6-8-20-9-7-12)16-15(19)21-10-11-4-2-1-3-5-11/h1-5,12-13H,6-10H2,(H,16,19)(H,17,18)/t13-/m0/s1. The van der Waals surface area contributed by atoms with Crippen molar-refractivity contribution in [2.75, 3.05) is 13.2 Å². The molecule has 1 heterocycles. The van der Waals surface area contributed by atoms with E-state index in [1.165, 1.54) is 0 Å². The number of carbonyl (C=O) groups excluding carboxylic acids is 1. The SMILES string of the molecule is O=C(N[C@H](C(=O)O)C1CCOCC1)OCc1ccccc1. The number of carbonyl (C=O) groups is 2. The molecule has 0 unspecified atom stereocenters. The summed E-state index contributed by atoms with van der Waals surface area (Å²) in [6, 6.07) is 8.30. The zero-order chi connectivity index (χ0) is 15.1. The van der Waals surface area contributed by atoms with Gasteiger partial charge in [-0.25, -0.2) is 9.59 Å². The van der Waals surface area contributed by atoms with Crippen LogP contribution >= 0.6 is 0 Å². The Balaban J connectivity index is 1.84. The summed E-state index contributed by atoms with van der Waals surface area (Å²) >= 11 is 0. The van der Waals surface area contributed by atoms with Crippen LogP contribution in [0.25, 0.3) is 0 Å². The van der Waals surface area contributed by atoms with E-state index < -0.39 is 18.1 Å². The molecule has 1 aromatic rings. The van der Waals surface area contributed by atoms with E-state index in [2.05, 4.69) is 5.32 Å². The van der Waals surface area contributed by atoms with Gasteiger partial charge in [-0.2, -0.15) is 0 Å². The first-order valence-corrected chi connectivity index (χ1v) is 6.94. The number of amides is 1. The van der Waals surface area contributed by atoms with Crippen LogP contribution in [0.2, 0.25) is 0 Å². The van der Waals surface area contributed by atoms with Gasteiger partial charge in [-0.3, -0.25) is 0 Å². The van der Waals surface area contributed by atoms with Crippen molar-refractivity contribution in [3.63, 3.8) is 0 Å². The average molecular weight is 293 g/mol. The lowest BCUT2D eigenvalue weighted by Crippen LogP contribution is -2.47. The van der Waals surface area contributed by atoms with Crippen molar-refractivity contribution in [2.45, 2.75) is 25.5 Å². The van der Waals surface area contributed by atoms with Crippen molar-refractivity contribution in [1.29, 1.82) is 0 Å². The number of carboxylic acids is 1. The molecule has 1 aliphatic rings. The highest BCUT2D eigenvalue weighted by Crippen LogP contribution is 2.19. The van der Waals surface area contributed by atoms with Gasteiger partial charge in [-0.15, -0.1) is 0 Å². The van der Waals surface area contributed by atoms with Gasteiger partial charge in [0, 0.05) is 13.2 Å². The summed E-state index contributed by atoms with van der Waals surface area (Å²) in [5.74, 6) is -1.17. The Morgan fingerprint density at radius 1 is 1.29 bits per heavy atom. The first kappa shape index (κ1) is 15.3. The number of rotatable bonds is 5. The molecule has 1 aromatic carbocycles. The number of hydrogen-bond acceptors (Lipinski definition) is 4. The normalized spacial score (nSPS) is 17.0. The molecule has 0 spiro atoms. The maximum atomic E-state index is 11.7. The predicted molar refractivity (Wildman–Crippen MR) is 74.7 cm³/mol. The van der Waals surface area contributed by atoms with Crippen LogP contribution in [0.4, 0.5) is 4.79 Å². The van der Waals surface area contributed by atoms with Gasteiger partial charge in [0.05, 0.1) is 0 Å². The smallest absolute Gasteiger partial charge is 0.408 e. The number of benzene rings is 1. The molecule has 6 heteroatoms. The van der Waals surface area contributed by atoms with Gasteiger partial charge in [0.1, 0.15) is 12.6 Å². The molecule has 0 aliphatic carbocycles. The van der Waals surface area contributed by atoms with Crippen LogP contribution in [-0.4, -0.2) is 36.4 Å². The molecule has 1 amide bonds. The molecule has 114 valence electrons. The third-order valence-electron chi connectivity index (χ3n) is 3.49. The third-order valence-corrected chi connectivity index (χ3v) is 3.49. The van der Waals surface area contributed by atoms with E-state index in [-0.39, 0.29) is 12.5 Å². The van der Waals surface area contributed by atoms with Gasteiger partial charge in [0.15, 0.2) is 0 Å². The summed E-state index contributed by atoms with van der Waals surface area (Å²) in [5.41, 5.74) is 0.852. The van der Waals surface area contributed by atoms with E-state index in [0.717, 1.165) is 5.56 Å². The van der Waals surface area contributed by atoms with Crippen LogP contribution in [0.1, 0.15) is 18.4 Å². The molecule has 0 saturated carbocycles. The van der Waals surface area contributed by atoms with Gasteiger partial charge in [0.2, 0.25) is 0 Å². The average Bonchev–Trinajstić information content (AvgIpc) is 2.52. The highest BCUT2D eigenvalue weighted by molar-refractivity contribution is 5.80. The number of nitrogens with one attached hydrogen (secondary N) is 1. The zero-order valence-corrected chi connectivity index (χ0v) is 11.7. The van der Waals surface area contributed by atoms with E-state index in [1.807, 2.05) is 30.3 Å². The van der Waals surface area contributed by atoms with Crippen molar-refractivity contribution in [2.24, 2.45) is 5.92 Å². The number of aliphatic carboxylic acids is 1. The Labute approximate surface area is 123 Å². The molecular weight excluding hydrogens is 274 g/mol. The number of carboxylic acid groups (broad SMARTS) is 1. The largest absolute Gasteiger partial charge is 0.480 e. The van der Waals surface area contributed by atoms with Gasteiger partial charge < -0.3 is 19.9 Å². The number of alkyl carbamates (subject to hydrolysis) is 1. The molecule has 1 atom stereocenters. The lowest BCUT2D eigenvalue weighted by Gasteiger charge is -2.27. The van der Waals surface area contributed by atoms with Crippen molar-refractivity contribution in [3.05, 3.63) is 35.9 Å². The Morgan fingerprint density at radius 2 is 1.95 bits per heavy atom. The van der Waals surface area contributed by atoms with Crippen LogP contribution in [0.15, 0.2) is 30.3 Å². The molecule has 1 aliphatic heterocycles. The Morgan fingerprint density at radius 3 is 2.57 bits per heavy atom. The highest BCUT2D eigenvalue weighted by atomic mass is 16.5. The number of ether oxygens (including phenoxy) is 2. The second-order valence-corrected chi connectivity index (χ2v) is 4.97. The second kappa shape index (κ2) is 7.64. The zero-order valence-electron chi connectivity index (χ0n) is 11.7. The molecule has 2 rings (SSSR count). The minimum atomic E-state index is -1.04. The van der Waals surface area contributed by atoms with Gasteiger partial charge in [-0.05, 0) is 24.3 Å². The minimum Gasteiger partial charge on any atom is -0.480 e. The first-order chi connectivity index (χ1) is 10.2. The predicted octanol–water partition coefficient (Wildman–Crippen LogP) is 1.79. The van der Waals surface area contributed by atoms with Crippen LogP contribution in [0.5, 0.6) is 0 Å². The maximum absolute atomic E-state index is 11.7. The van der Waals surface area contributed by atoms with E-state index in [4.69, 9.17) is 9.47 Å². The lowest BCUT2D eigenvalue weighted by atomic mass is 9.92. The Kier molecular flexibility index (Phi) is 5.57. The summed E-state index contributed by atoms with van der Waals surface area (Å²) in [6.07, 6.45) is 0.532. The maximum Gasteiger partial charge on any atom is 0.408 e. The van der Waals surface area contributed by atoms with Crippen LogP contribution in [0.3, 0.4) is 0 Å². The third kappa shape index (κ3) is 4.75. The van der Waals surface area contributed by atoms with Crippen LogP contribution in [0, 0.1) is 5.92 Å².